The fourth-order valence-corrected chi connectivity index (χ4v) is 4.36. The van der Waals surface area contributed by atoms with Gasteiger partial charge in [0.25, 0.3) is 0 Å². The average molecular weight is 360 g/mol. The zero-order valence-corrected chi connectivity index (χ0v) is 15.4. The normalized spacial score (nSPS) is 25.2. The van der Waals surface area contributed by atoms with Gasteiger partial charge >= 0.3 is 0 Å². The number of hydrogen-bond acceptors (Lipinski definition) is 7. The minimum absolute atomic E-state index is 0.155. The molecule has 0 bridgehead atoms. The molecule has 2 N–H and O–H groups in total. The first-order valence-corrected chi connectivity index (χ1v) is 9.61. The SMILES string of the molecule is CN1CC(=O)N(C2CCNCC2)Cc2c1ncnc2N1CCCC(O)C1. The number of nitrogens with one attached hydrogen (secondary N) is 1. The highest BCUT2D eigenvalue weighted by Crippen LogP contribution is 2.32. The lowest BCUT2D eigenvalue weighted by atomic mass is 10.0. The molecule has 2 saturated heterocycles. The van der Waals surface area contributed by atoms with Crippen molar-refractivity contribution in [2.24, 2.45) is 0 Å². The lowest BCUT2D eigenvalue weighted by molar-refractivity contribution is -0.133. The van der Waals surface area contributed by atoms with Crippen molar-refractivity contribution < 1.29 is 9.90 Å². The molecule has 2 fully saturated rings. The standard InChI is InChI=1S/C18H28N6O2/c1-22-11-16(26)24(13-4-6-19-7-5-13)10-15-17(22)20-12-21-18(15)23-8-2-3-14(25)9-23/h12-14,19,25H,2-11H2,1H3. The maximum Gasteiger partial charge on any atom is 0.242 e. The maximum absolute atomic E-state index is 12.9. The summed E-state index contributed by atoms with van der Waals surface area (Å²) >= 11 is 0. The Labute approximate surface area is 154 Å². The Kier molecular flexibility index (Phi) is 4.95. The van der Waals surface area contributed by atoms with Crippen LogP contribution in [0.25, 0.3) is 0 Å². The van der Waals surface area contributed by atoms with Gasteiger partial charge in [0.1, 0.15) is 18.0 Å². The van der Waals surface area contributed by atoms with Gasteiger partial charge in [-0.2, -0.15) is 0 Å². The zero-order chi connectivity index (χ0) is 18.1. The Bertz CT molecular complexity index is 663. The number of rotatable bonds is 2. The summed E-state index contributed by atoms with van der Waals surface area (Å²) in [5.74, 6) is 1.86. The molecule has 1 aromatic rings. The van der Waals surface area contributed by atoms with Gasteiger partial charge in [-0.05, 0) is 38.8 Å². The first-order chi connectivity index (χ1) is 12.6. The lowest BCUT2D eigenvalue weighted by Gasteiger charge is -2.35. The van der Waals surface area contributed by atoms with Crippen LogP contribution in [0.3, 0.4) is 0 Å². The second-order valence-corrected chi connectivity index (χ2v) is 7.60. The number of aromatic nitrogens is 2. The van der Waals surface area contributed by atoms with Gasteiger partial charge in [0.05, 0.1) is 24.8 Å². The Balaban J connectivity index is 1.68. The van der Waals surface area contributed by atoms with E-state index >= 15 is 0 Å². The summed E-state index contributed by atoms with van der Waals surface area (Å²) in [4.78, 5) is 28.0. The smallest absolute Gasteiger partial charge is 0.242 e. The fraction of sp³-hybridized carbons (Fsp3) is 0.722. The highest BCUT2D eigenvalue weighted by molar-refractivity contribution is 5.84. The topological polar surface area (TPSA) is 84.8 Å². The minimum Gasteiger partial charge on any atom is -0.391 e. The summed E-state index contributed by atoms with van der Waals surface area (Å²) in [5.41, 5.74) is 1.01. The van der Waals surface area contributed by atoms with E-state index in [1.165, 1.54) is 0 Å². The van der Waals surface area contributed by atoms with Gasteiger partial charge < -0.3 is 25.1 Å². The van der Waals surface area contributed by atoms with Crippen molar-refractivity contribution in [1.29, 1.82) is 0 Å². The molecule has 142 valence electrons. The molecule has 0 aliphatic carbocycles. The molecule has 0 spiro atoms. The number of aliphatic hydroxyl groups excluding tert-OH is 1. The number of β-amino-alcohol motifs (C(OH)–C–C–N with tert-alkyl or cyclic N) is 1. The summed E-state index contributed by atoms with van der Waals surface area (Å²) < 4.78 is 0. The van der Waals surface area contributed by atoms with Gasteiger partial charge in [-0.1, -0.05) is 0 Å². The van der Waals surface area contributed by atoms with E-state index in [9.17, 15) is 9.90 Å². The highest BCUT2D eigenvalue weighted by Gasteiger charge is 2.33. The molecule has 1 aromatic heterocycles. The first kappa shape index (κ1) is 17.5. The summed E-state index contributed by atoms with van der Waals surface area (Å²) in [7, 11) is 1.92. The van der Waals surface area contributed by atoms with E-state index in [-0.39, 0.29) is 18.1 Å². The predicted octanol–water partition coefficient (Wildman–Crippen LogP) is -0.0319. The Morgan fingerprint density at radius 1 is 1.15 bits per heavy atom. The molecule has 0 aromatic carbocycles. The van der Waals surface area contributed by atoms with Crippen LogP contribution < -0.4 is 15.1 Å². The molecule has 1 atom stereocenters. The number of piperidine rings is 2. The van der Waals surface area contributed by atoms with Crippen LogP contribution in [0.5, 0.6) is 0 Å². The van der Waals surface area contributed by atoms with Crippen LogP contribution in [0.4, 0.5) is 11.6 Å². The number of anilines is 2. The largest absolute Gasteiger partial charge is 0.391 e. The van der Waals surface area contributed by atoms with Gasteiger partial charge in [-0.15, -0.1) is 0 Å². The van der Waals surface area contributed by atoms with E-state index in [2.05, 4.69) is 20.2 Å². The van der Waals surface area contributed by atoms with E-state index in [0.29, 0.717) is 19.6 Å². The first-order valence-electron chi connectivity index (χ1n) is 9.61. The molecule has 3 aliphatic heterocycles. The van der Waals surface area contributed by atoms with E-state index in [4.69, 9.17) is 0 Å². The fourth-order valence-electron chi connectivity index (χ4n) is 4.36. The Hall–Kier alpha value is -1.93. The van der Waals surface area contributed by atoms with E-state index in [0.717, 1.165) is 62.5 Å². The average Bonchev–Trinajstić information content (AvgIpc) is 2.78. The van der Waals surface area contributed by atoms with Gasteiger partial charge in [0.15, 0.2) is 0 Å². The number of likely N-dealkylation sites (N-methyl/N-ethyl adjacent to an activating group) is 1. The molecule has 8 nitrogen and oxygen atoms in total. The second kappa shape index (κ2) is 7.36. The minimum atomic E-state index is -0.319. The number of aliphatic hydroxyl groups is 1. The van der Waals surface area contributed by atoms with Crippen LogP contribution >= 0.6 is 0 Å². The molecule has 4 rings (SSSR count). The van der Waals surface area contributed by atoms with Crippen LogP contribution in [0, 0.1) is 0 Å². The highest BCUT2D eigenvalue weighted by atomic mass is 16.3. The summed E-state index contributed by atoms with van der Waals surface area (Å²) in [5, 5.41) is 13.5. The van der Waals surface area contributed by atoms with Gasteiger partial charge in [-0.3, -0.25) is 4.79 Å². The van der Waals surface area contributed by atoms with Gasteiger partial charge in [0.2, 0.25) is 5.91 Å². The number of carbonyl (C=O) groups is 1. The van der Waals surface area contributed by atoms with Crippen LogP contribution in [0.1, 0.15) is 31.2 Å². The Morgan fingerprint density at radius 3 is 2.69 bits per heavy atom. The molecule has 1 amide bonds. The van der Waals surface area contributed by atoms with E-state index in [1.54, 1.807) is 6.33 Å². The predicted molar refractivity (Wildman–Crippen MR) is 99.2 cm³/mol. The molecule has 4 heterocycles. The Morgan fingerprint density at radius 2 is 1.92 bits per heavy atom. The summed E-state index contributed by atoms with van der Waals surface area (Å²) in [6.45, 7) is 4.27. The lowest BCUT2D eigenvalue weighted by Crippen LogP contribution is -2.47. The number of fused-ring (bicyclic) bond motifs is 1. The number of nitrogens with zero attached hydrogens (tertiary/aromatic N) is 5. The van der Waals surface area contributed by atoms with Crippen molar-refractivity contribution in [2.75, 3.05) is 49.6 Å². The number of carbonyl (C=O) groups excluding carboxylic acids is 1. The van der Waals surface area contributed by atoms with Crippen molar-refractivity contribution >= 4 is 17.5 Å². The van der Waals surface area contributed by atoms with Crippen molar-refractivity contribution in [3.8, 4) is 0 Å². The third-order valence-electron chi connectivity index (χ3n) is 5.73. The summed E-state index contributed by atoms with van der Waals surface area (Å²) in [6, 6.07) is 0.267. The van der Waals surface area contributed by atoms with Crippen molar-refractivity contribution in [3.63, 3.8) is 0 Å². The number of amides is 1. The van der Waals surface area contributed by atoms with Gasteiger partial charge in [-0.25, -0.2) is 9.97 Å². The molecule has 26 heavy (non-hydrogen) atoms. The molecule has 3 aliphatic rings. The van der Waals surface area contributed by atoms with Crippen LogP contribution in [0.2, 0.25) is 0 Å². The molecule has 8 heteroatoms. The third-order valence-corrected chi connectivity index (χ3v) is 5.73. The molecule has 0 radical (unpaired) electrons. The maximum atomic E-state index is 12.9. The monoisotopic (exact) mass is 360 g/mol. The van der Waals surface area contributed by atoms with Crippen LogP contribution in [0.15, 0.2) is 6.33 Å². The molecule has 0 saturated carbocycles. The van der Waals surface area contributed by atoms with E-state index in [1.807, 2.05) is 16.8 Å². The van der Waals surface area contributed by atoms with E-state index < -0.39 is 0 Å². The van der Waals surface area contributed by atoms with Crippen molar-refractivity contribution in [2.45, 2.75) is 44.4 Å². The second-order valence-electron chi connectivity index (χ2n) is 7.60. The van der Waals surface area contributed by atoms with Crippen LogP contribution in [-0.2, 0) is 11.3 Å². The third kappa shape index (κ3) is 3.35. The molecular formula is C18H28N6O2. The summed E-state index contributed by atoms with van der Waals surface area (Å²) in [6.07, 6.45) is 5.01. The van der Waals surface area contributed by atoms with Crippen molar-refractivity contribution in [1.82, 2.24) is 20.2 Å². The molecular weight excluding hydrogens is 332 g/mol. The van der Waals surface area contributed by atoms with Crippen molar-refractivity contribution in [3.05, 3.63) is 11.9 Å². The molecule has 1 unspecified atom stereocenters. The van der Waals surface area contributed by atoms with Gasteiger partial charge in [0, 0.05) is 26.2 Å². The van der Waals surface area contributed by atoms with Crippen LogP contribution in [-0.4, -0.2) is 77.8 Å². The zero-order valence-electron chi connectivity index (χ0n) is 15.4. The number of hydrogen-bond donors (Lipinski definition) is 2. The quantitative estimate of drug-likeness (QED) is 0.766.